The molecular weight excluding hydrogens is 258 g/mol. The third kappa shape index (κ3) is 4.27. The lowest BCUT2D eigenvalue weighted by atomic mass is 10.1. The van der Waals surface area contributed by atoms with Gasteiger partial charge in [-0.05, 0) is 42.7 Å². The Morgan fingerprint density at radius 2 is 1.95 bits per heavy atom. The first-order chi connectivity index (χ1) is 9.15. The second-order valence-corrected chi connectivity index (χ2v) is 5.14. The van der Waals surface area contributed by atoms with E-state index in [1.165, 1.54) is 0 Å². The van der Waals surface area contributed by atoms with Crippen molar-refractivity contribution in [1.29, 1.82) is 0 Å². The molecule has 1 atom stereocenters. The molecule has 2 aromatic carbocycles. The molecule has 2 rings (SSSR count). The number of nitrogens with two attached hydrogens (primary N) is 1. The lowest BCUT2D eigenvalue weighted by molar-refractivity contribution is 0.302. The molecule has 0 radical (unpaired) electrons. The number of benzene rings is 2. The van der Waals surface area contributed by atoms with Gasteiger partial charge in [-0.3, -0.25) is 0 Å². The highest BCUT2D eigenvalue weighted by atomic mass is 35.5. The summed E-state index contributed by atoms with van der Waals surface area (Å²) in [5, 5.41) is 0.727. The molecular formula is C16H18ClNO. The van der Waals surface area contributed by atoms with Gasteiger partial charge in [-0.25, -0.2) is 0 Å². The molecule has 0 aliphatic heterocycles. The Morgan fingerprint density at radius 1 is 1.16 bits per heavy atom. The Hall–Kier alpha value is -1.51. The van der Waals surface area contributed by atoms with Gasteiger partial charge in [-0.2, -0.15) is 0 Å². The van der Waals surface area contributed by atoms with Crippen LogP contribution in [0.3, 0.4) is 0 Å². The van der Waals surface area contributed by atoms with Crippen molar-refractivity contribution in [2.45, 2.75) is 26.0 Å². The zero-order chi connectivity index (χ0) is 13.7. The van der Waals surface area contributed by atoms with Gasteiger partial charge in [0.05, 0.1) is 0 Å². The number of ether oxygens (including phenoxy) is 1. The monoisotopic (exact) mass is 275 g/mol. The second-order valence-electron chi connectivity index (χ2n) is 4.71. The minimum absolute atomic E-state index is 0.121. The maximum absolute atomic E-state index is 5.95. The maximum atomic E-state index is 5.95. The quantitative estimate of drug-likeness (QED) is 0.901. The zero-order valence-corrected chi connectivity index (χ0v) is 11.7. The van der Waals surface area contributed by atoms with Crippen LogP contribution in [0.1, 0.15) is 18.1 Å². The van der Waals surface area contributed by atoms with Crippen molar-refractivity contribution in [3.05, 3.63) is 64.7 Å². The highest BCUT2D eigenvalue weighted by molar-refractivity contribution is 6.30. The molecule has 0 fully saturated rings. The average Bonchev–Trinajstić information content (AvgIpc) is 2.37. The highest BCUT2D eigenvalue weighted by Gasteiger charge is 2.05. The van der Waals surface area contributed by atoms with Gasteiger partial charge in [-0.1, -0.05) is 41.9 Å². The zero-order valence-electron chi connectivity index (χ0n) is 11.0. The molecule has 3 heteroatoms. The molecule has 0 bridgehead atoms. The first-order valence-corrected chi connectivity index (χ1v) is 6.73. The summed E-state index contributed by atoms with van der Waals surface area (Å²) in [4.78, 5) is 0. The van der Waals surface area contributed by atoms with E-state index in [0.29, 0.717) is 6.61 Å². The van der Waals surface area contributed by atoms with Crippen LogP contribution in [-0.2, 0) is 13.0 Å². The number of halogens is 1. The summed E-state index contributed by atoms with van der Waals surface area (Å²) < 4.78 is 5.86. The van der Waals surface area contributed by atoms with Crippen LogP contribution in [0, 0.1) is 0 Å². The summed E-state index contributed by atoms with van der Waals surface area (Å²) in [7, 11) is 0. The maximum Gasteiger partial charge on any atom is 0.123 e. The summed E-state index contributed by atoms with van der Waals surface area (Å²) >= 11 is 5.95. The normalized spacial score (nSPS) is 12.2. The summed E-state index contributed by atoms with van der Waals surface area (Å²) in [6, 6.07) is 15.8. The third-order valence-electron chi connectivity index (χ3n) is 2.80. The fraction of sp³-hybridized carbons (Fsp3) is 0.250. The van der Waals surface area contributed by atoms with E-state index in [2.05, 4.69) is 6.07 Å². The van der Waals surface area contributed by atoms with Gasteiger partial charge in [0.25, 0.3) is 0 Å². The molecule has 0 aliphatic carbocycles. The average molecular weight is 276 g/mol. The molecule has 0 saturated heterocycles. The lowest BCUT2D eigenvalue weighted by Gasteiger charge is -2.13. The Bertz CT molecular complexity index is 540. The van der Waals surface area contributed by atoms with E-state index in [0.717, 1.165) is 28.3 Å². The molecule has 2 N–H and O–H groups in total. The molecule has 19 heavy (non-hydrogen) atoms. The van der Waals surface area contributed by atoms with Crippen LogP contribution in [0.15, 0.2) is 48.5 Å². The summed E-state index contributed by atoms with van der Waals surface area (Å²) in [6.07, 6.45) is 0.811. The van der Waals surface area contributed by atoms with Crippen molar-refractivity contribution in [1.82, 2.24) is 0 Å². The second kappa shape index (κ2) is 6.60. The standard InChI is InChI=1S/C16H18ClNO/c1-12(18)9-14-6-2-3-8-16(14)19-11-13-5-4-7-15(17)10-13/h2-8,10,12H,9,11,18H2,1H3. The lowest BCUT2D eigenvalue weighted by Crippen LogP contribution is -2.18. The van der Waals surface area contributed by atoms with Crippen molar-refractivity contribution >= 4 is 11.6 Å². The molecule has 0 spiro atoms. The van der Waals surface area contributed by atoms with E-state index in [4.69, 9.17) is 22.1 Å². The number of hydrogen-bond donors (Lipinski definition) is 1. The first kappa shape index (κ1) is 13.9. The van der Waals surface area contributed by atoms with Crippen molar-refractivity contribution in [2.75, 3.05) is 0 Å². The number of rotatable bonds is 5. The largest absolute Gasteiger partial charge is 0.489 e. The Labute approximate surface area is 119 Å². The van der Waals surface area contributed by atoms with Crippen LogP contribution >= 0.6 is 11.6 Å². The van der Waals surface area contributed by atoms with Gasteiger partial charge in [0.15, 0.2) is 0 Å². The highest BCUT2D eigenvalue weighted by Crippen LogP contribution is 2.21. The van der Waals surface area contributed by atoms with Gasteiger partial charge in [0.1, 0.15) is 12.4 Å². The van der Waals surface area contributed by atoms with E-state index in [1.807, 2.05) is 49.4 Å². The molecule has 1 unspecified atom stereocenters. The van der Waals surface area contributed by atoms with E-state index in [9.17, 15) is 0 Å². The van der Waals surface area contributed by atoms with Gasteiger partial charge < -0.3 is 10.5 Å². The van der Waals surface area contributed by atoms with Gasteiger partial charge in [-0.15, -0.1) is 0 Å². The Balaban J connectivity index is 2.07. The molecule has 0 saturated carbocycles. The summed E-state index contributed by atoms with van der Waals surface area (Å²) in [5.74, 6) is 0.889. The van der Waals surface area contributed by atoms with Crippen molar-refractivity contribution in [2.24, 2.45) is 5.73 Å². The first-order valence-electron chi connectivity index (χ1n) is 6.36. The summed E-state index contributed by atoms with van der Waals surface area (Å²) in [6.45, 7) is 2.50. The van der Waals surface area contributed by atoms with Crippen LogP contribution in [-0.4, -0.2) is 6.04 Å². The molecule has 0 amide bonds. The predicted octanol–water partition coefficient (Wildman–Crippen LogP) is 3.81. The van der Waals surface area contributed by atoms with Crippen molar-refractivity contribution in [3.63, 3.8) is 0 Å². The van der Waals surface area contributed by atoms with Gasteiger partial charge in [0, 0.05) is 11.1 Å². The van der Waals surface area contributed by atoms with E-state index < -0.39 is 0 Å². The summed E-state index contributed by atoms with van der Waals surface area (Å²) in [5.41, 5.74) is 8.04. The van der Waals surface area contributed by atoms with Crippen molar-refractivity contribution < 1.29 is 4.74 Å². The van der Waals surface area contributed by atoms with Crippen LogP contribution in [0.5, 0.6) is 5.75 Å². The Kier molecular flexibility index (Phi) is 4.83. The van der Waals surface area contributed by atoms with Crippen molar-refractivity contribution in [3.8, 4) is 5.75 Å². The molecule has 2 nitrogen and oxygen atoms in total. The SMILES string of the molecule is CC(N)Cc1ccccc1OCc1cccc(Cl)c1. The molecule has 0 aromatic heterocycles. The van der Waals surface area contributed by atoms with Crippen LogP contribution < -0.4 is 10.5 Å². The van der Waals surface area contributed by atoms with E-state index in [-0.39, 0.29) is 6.04 Å². The van der Waals surface area contributed by atoms with E-state index in [1.54, 1.807) is 0 Å². The molecule has 0 aliphatic rings. The van der Waals surface area contributed by atoms with Crippen LogP contribution in [0.25, 0.3) is 0 Å². The van der Waals surface area contributed by atoms with Gasteiger partial charge in [0.2, 0.25) is 0 Å². The van der Waals surface area contributed by atoms with Crippen LogP contribution in [0.4, 0.5) is 0 Å². The Morgan fingerprint density at radius 3 is 2.68 bits per heavy atom. The minimum Gasteiger partial charge on any atom is -0.489 e. The molecule has 100 valence electrons. The number of para-hydroxylation sites is 1. The van der Waals surface area contributed by atoms with Gasteiger partial charge >= 0.3 is 0 Å². The molecule has 0 heterocycles. The third-order valence-corrected chi connectivity index (χ3v) is 3.03. The smallest absolute Gasteiger partial charge is 0.123 e. The molecule has 2 aromatic rings. The minimum atomic E-state index is 0.121. The number of hydrogen-bond acceptors (Lipinski definition) is 2. The topological polar surface area (TPSA) is 35.2 Å². The predicted molar refractivity (Wildman–Crippen MR) is 79.6 cm³/mol. The fourth-order valence-corrected chi connectivity index (χ4v) is 2.16. The van der Waals surface area contributed by atoms with Crippen LogP contribution in [0.2, 0.25) is 5.02 Å². The van der Waals surface area contributed by atoms with E-state index >= 15 is 0 Å². The fourth-order valence-electron chi connectivity index (χ4n) is 1.95.